The van der Waals surface area contributed by atoms with Crippen molar-refractivity contribution in [3.63, 3.8) is 0 Å². The minimum absolute atomic E-state index is 0.00230. The van der Waals surface area contributed by atoms with Crippen molar-refractivity contribution in [1.82, 2.24) is 9.80 Å². The number of rotatable bonds is 2. The Morgan fingerprint density at radius 1 is 1.10 bits per heavy atom. The van der Waals surface area contributed by atoms with Gasteiger partial charge in [0.25, 0.3) is 5.91 Å². The molecule has 21 heavy (non-hydrogen) atoms. The molecule has 2 saturated heterocycles. The molecule has 1 atom stereocenters. The fourth-order valence-electron chi connectivity index (χ4n) is 3.44. The zero-order valence-electron chi connectivity index (χ0n) is 12.5. The van der Waals surface area contributed by atoms with Crippen LogP contribution in [-0.4, -0.2) is 53.7 Å². The van der Waals surface area contributed by atoms with Crippen molar-refractivity contribution in [3.8, 4) is 0 Å². The van der Waals surface area contributed by atoms with Crippen molar-refractivity contribution >= 4 is 11.7 Å². The van der Waals surface area contributed by atoms with Gasteiger partial charge in [-0.2, -0.15) is 0 Å². The third-order valence-corrected chi connectivity index (χ3v) is 4.61. The monoisotopic (exact) mass is 286 g/mol. The summed E-state index contributed by atoms with van der Waals surface area (Å²) in [6.07, 6.45) is 3.47. The molecule has 1 amide bonds. The molecule has 3 rings (SSSR count). The van der Waals surface area contributed by atoms with Crippen LogP contribution in [0.3, 0.4) is 0 Å². The highest BCUT2D eigenvalue weighted by Gasteiger charge is 2.30. The molecule has 0 spiro atoms. The van der Waals surface area contributed by atoms with Gasteiger partial charge in [0.1, 0.15) is 0 Å². The lowest BCUT2D eigenvalue weighted by Crippen LogP contribution is -2.39. The Bertz CT molecular complexity index is 555. The summed E-state index contributed by atoms with van der Waals surface area (Å²) in [5.41, 5.74) is 1.24. The van der Waals surface area contributed by atoms with E-state index in [0.717, 1.165) is 26.1 Å². The van der Waals surface area contributed by atoms with Crippen LogP contribution in [0.25, 0.3) is 0 Å². The topological polar surface area (TPSA) is 40.6 Å². The molecule has 0 saturated carbocycles. The summed E-state index contributed by atoms with van der Waals surface area (Å²) >= 11 is 0. The molecule has 1 aromatic carbocycles. The highest BCUT2D eigenvalue weighted by atomic mass is 16.2. The van der Waals surface area contributed by atoms with Crippen molar-refractivity contribution in [3.05, 3.63) is 35.4 Å². The number of hydrogen-bond acceptors (Lipinski definition) is 3. The molecule has 0 aromatic heterocycles. The van der Waals surface area contributed by atoms with Gasteiger partial charge in [-0.05, 0) is 44.9 Å². The second kappa shape index (κ2) is 5.98. The lowest BCUT2D eigenvalue weighted by molar-refractivity contribution is 0.0743. The van der Waals surface area contributed by atoms with Gasteiger partial charge in [0.15, 0.2) is 5.78 Å². The van der Waals surface area contributed by atoms with E-state index in [2.05, 4.69) is 4.90 Å². The first-order valence-corrected chi connectivity index (χ1v) is 7.79. The molecule has 4 nitrogen and oxygen atoms in total. The van der Waals surface area contributed by atoms with Gasteiger partial charge in [0, 0.05) is 36.8 Å². The van der Waals surface area contributed by atoms with Crippen LogP contribution < -0.4 is 0 Å². The Kier molecular flexibility index (Phi) is 4.06. The van der Waals surface area contributed by atoms with Gasteiger partial charge in [0.05, 0.1) is 0 Å². The Morgan fingerprint density at radius 3 is 2.67 bits per heavy atom. The molecule has 0 bridgehead atoms. The number of amides is 1. The van der Waals surface area contributed by atoms with Crippen molar-refractivity contribution in [2.75, 3.05) is 26.2 Å². The average Bonchev–Trinajstić information content (AvgIpc) is 2.83. The molecule has 112 valence electrons. The first kappa shape index (κ1) is 14.3. The number of ketones is 1. The number of fused-ring (bicyclic) bond motifs is 1. The summed E-state index contributed by atoms with van der Waals surface area (Å²) in [7, 11) is 0. The first-order valence-electron chi connectivity index (χ1n) is 7.79. The number of carbonyl (C=O) groups excluding carboxylic acids is 2. The predicted octanol–water partition coefficient (Wildman–Crippen LogP) is 2.20. The van der Waals surface area contributed by atoms with Crippen molar-refractivity contribution < 1.29 is 9.59 Å². The van der Waals surface area contributed by atoms with E-state index in [1.165, 1.54) is 26.3 Å². The van der Waals surface area contributed by atoms with E-state index >= 15 is 0 Å². The van der Waals surface area contributed by atoms with Gasteiger partial charge in [-0.1, -0.05) is 12.1 Å². The Morgan fingerprint density at radius 2 is 1.86 bits per heavy atom. The number of nitrogens with zero attached hydrogens (tertiary/aromatic N) is 2. The van der Waals surface area contributed by atoms with Crippen LogP contribution in [0.5, 0.6) is 0 Å². The van der Waals surface area contributed by atoms with Gasteiger partial charge in [-0.25, -0.2) is 0 Å². The minimum atomic E-state index is 0.00230. The number of hydrogen-bond donors (Lipinski definition) is 0. The normalized spacial score (nSPS) is 22.7. The first-order chi connectivity index (χ1) is 10.1. The van der Waals surface area contributed by atoms with Crippen LogP contribution in [0.4, 0.5) is 0 Å². The van der Waals surface area contributed by atoms with E-state index in [0.29, 0.717) is 17.2 Å². The lowest BCUT2D eigenvalue weighted by atomic mass is 10.1. The maximum Gasteiger partial charge on any atom is 0.253 e. The maximum atomic E-state index is 12.7. The molecular formula is C17H22N2O2. The second-order valence-corrected chi connectivity index (χ2v) is 6.07. The lowest BCUT2D eigenvalue weighted by Gasteiger charge is -2.25. The summed E-state index contributed by atoms with van der Waals surface area (Å²) in [4.78, 5) is 28.7. The molecule has 1 aromatic rings. The van der Waals surface area contributed by atoms with Crippen LogP contribution >= 0.6 is 0 Å². The molecule has 4 heteroatoms. The number of benzene rings is 1. The number of Topliss-reactive ketones (excluding diaryl/α,β-unsaturated/α-hetero) is 1. The van der Waals surface area contributed by atoms with Crippen LogP contribution in [-0.2, 0) is 0 Å². The highest BCUT2D eigenvalue weighted by molar-refractivity contribution is 5.99. The van der Waals surface area contributed by atoms with E-state index in [1.54, 1.807) is 18.2 Å². The number of carbonyl (C=O) groups is 2. The fraction of sp³-hybridized carbons (Fsp3) is 0.529. The Labute approximate surface area is 125 Å². The predicted molar refractivity (Wildman–Crippen MR) is 81.6 cm³/mol. The SMILES string of the molecule is CC(=O)c1cccc(C(=O)N2CCCN3CCCC3C2)c1. The Balaban J connectivity index is 1.77. The summed E-state index contributed by atoms with van der Waals surface area (Å²) in [5.74, 6) is 0.0642. The van der Waals surface area contributed by atoms with Gasteiger partial charge in [-0.15, -0.1) is 0 Å². The largest absolute Gasteiger partial charge is 0.337 e. The van der Waals surface area contributed by atoms with Crippen LogP contribution in [0.2, 0.25) is 0 Å². The van der Waals surface area contributed by atoms with Crippen LogP contribution in [0.15, 0.2) is 24.3 Å². The molecular weight excluding hydrogens is 264 g/mol. The molecule has 2 fully saturated rings. The third-order valence-electron chi connectivity index (χ3n) is 4.61. The zero-order chi connectivity index (χ0) is 14.8. The summed E-state index contributed by atoms with van der Waals surface area (Å²) in [5, 5.41) is 0. The van der Waals surface area contributed by atoms with Gasteiger partial charge in [0.2, 0.25) is 0 Å². The highest BCUT2D eigenvalue weighted by Crippen LogP contribution is 2.22. The van der Waals surface area contributed by atoms with Crippen LogP contribution in [0, 0.1) is 0 Å². The van der Waals surface area contributed by atoms with E-state index in [-0.39, 0.29) is 11.7 Å². The van der Waals surface area contributed by atoms with E-state index < -0.39 is 0 Å². The van der Waals surface area contributed by atoms with Crippen molar-refractivity contribution in [2.24, 2.45) is 0 Å². The summed E-state index contributed by atoms with van der Waals surface area (Å²) < 4.78 is 0. The molecule has 2 heterocycles. The Hall–Kier alpha value is -1.68. The summed E-state index contributed by atoms with van der Waals surface area (Å²) in [6.45, 7) is 5.44. The quantitative estimate of drug-likeness (QED) is 0.783. The average molecular weight is 286 g/mol. The zero-order valence-corrected chi connectivity index (χ0v) is 12.5. The van der Waals surface area contributed by atoms with Gasteiger partial charge < -0.3 is 4.90 Å². The minimum Gasteiger partial charge on any atom is -0.337 e. The summed E-state index contributed by atoms with van der Waals surface area (Å²) in [6, 6.07) is 7.62. The standard InChI is InChI=1S/C17H22N2O2/c1-13(20)14-5-2-6-15(11-14)17(21)19-10-4-9-18-8-3-7-16(18)12-19/h2,5-6,11,16H,3-4,7-10,12H2,1H3. The van der Waals surface area contributed by atoms with E-state index in [4.69, 9.17) is 0 Å². The maximum absolute atomic E-state index is 12.7. The molecule has 0 N–H and O–H groups in total. The van der Waals surface area contributed by atoms with Crippen molar-refractivity contribution in [2.45, 2.75) is 32.2 Å². The third kappa shape index (κ3) is 3.00. The smallest absolute Gasteiger partial charge is 0.253 e. The van der Waals surface area contributed by atoms with E-state index in [9.17, 15) is 9.59 Å². The van der Waals surface area contributed by atoms with Gasteiger partial charge in [-0.3, -0.25) is 14.5 Å². The van der Waals surface area contributed by atoms with E-state index in [1.807, 2.05) is 11.0 Å². The fourth-order valence-corrected chi connectivity index (χ4v) is 3.44. The second-order valence-electron chi connectivity index (χ2n) is 6.07. The van der Waals surface area contributed by atoms with Crippen molar-refractivity contribution in [1.29, 1.82) is 0 Å². The molecule has 2 aliphatic heterocycles. The van der Waals surface area contributed by atoms with Gasteiger partial charge >= 0.3 is 0 Å². The van der Waals surface area contributed by atoms with Crippen LogP contribution in [0.1, 0.15) is 46.9 Å². The molecule has 1 unspecified atom stereocenters. The molecule has 2 aliphatic rings. The molecule has 0 aliphatic carbocycles. The molecule has 0 radical (unpaired) electrons.